The van der Waals surface area contributed by atoms with Gasteiger partial charge in [0.1, 0.15) is 11.6 Å². The van der Waals surface area contributed by atoms with Crippen molar-refractivity contribution < 1.29 is 9.50 Å². The van der Waals surface area contributed by atoms with Crippen LogP contribution in [-0.4, -0.2) is 39.9 Å². The Kier molecular flexibility index (Phi) is 5.03. The first kappa shape index (κ1) is 19.1. The van der Waals surface area contributed by atoms with Crippen molar-refractivity contribution in [3.05, 3.63) is 71.7 Å². The normalized spacial score (nSPS) is 11.2. The van der Waals surface area contributed by atoms with E-state index < -0.39 is 0 Å². The maximum absolute atomic E-state index is 13.9. The number of aryl methyl sites for hydroxylation is 2. The molecule has 2 aromatic heterocycles. The lowest BCUT2D eigenvalue weighted by molar-refractivity contribution is 0.304. The first-order valence-electron chi connectivity index (χ1n) is 9.53. The molecule has 0 fully saturated rings. The van der Waals surface area contributed by atoms with Crippen LogP contribution < -0.4 is 4.90 Å². The van der Waals surface area contributed by atoms with Crippen LogP contribution >= 0.6 is 0 Å². The number of aliphatic hydroxyl groups excluding tert-OH is 1. The summed E-state index contributed by atoms with van der Waals surface area (Å²) in [6.07, 6.45) is 0. The second-order valence-corrected chi connectivity index (χ2v) is 7.22. The van der Waals surface area contributed by atoms with Gasteiger partial charge >= 0.3 is 0 Å². The smallest absolute Gasteiger partial charge is 0.166 e. The Hall–Kier alpha value is -3.25. The average molecular weight is 390 g/mol. The van der Waals surface area contributed by atoms with Crippen LogP contribution in [0.25, 0.3) is 28.0 Å². The van der Waals surface area contributed by atoms with Gasteiger partial charge in [-0.2, -0.15) is 5.10 Å². The number of aromatic nitrogens is 3. The van der Waals surface area contributed by atoms with Gasteiger partial charge in [0.2, 0.25) is 0 Å². The molecular formula is C23H23FN4O. The number of fused-ring (bicyclic) bond motifs is 1. The van der Waals surface area contributed by atoms with Crippen LogP contribution in [-0.2, 0) is 0 Å². The van der Waals surface area contributed by atoms with Gasteiger partial charge in [-0.25, -0.2) is 13.9 Å². The Morgan fingerprint density at radius 1 is 1.03 bits per heavy atom. The van der Waals surface area contributed by atoms with Gasteiger partial charge in [-0.1, -0.05) is 42.0 Å². The van der Waals surface area contributed by atoms with E-state index in [1.807, 2.05) is 31.0 Å². The molecule has 0 saturated carbocycles. The monoisotopic (exact) mass is 390 g/mol. The summed E-state index contributed by atoms with van der Waals surface area (Å²) in [6, 6.07) is 16.6. The molecule has 0 unspecified atom stereocenters. The second-order valence-electron chi connectivity index (χ2n) is 7.22. The number of aliphatic hydroxyl groups is 1. The number of hydrogen-bond acceptors (Lipinski definition) is 4. The summed E-state index contributed by atoms with van der Waals surface area (Å²) in [4.78, 5) is 6.72. The number of hydrogen-bond donors (Lipinski definition) is 1. The standard InChI is InChI=1S/C23H23FN4O/c1-15-7-9-17(10-8-15)22-16(2)26-28-20(18-5-4-6-19(24)13-18)14-21(25-23(22)28)27(3)11-12-29/h4-10,13-14,29H,11-12H2,1-3H3. The van der Waals surface area contributed by atoms with E-state index in [9.17, 15) is 9.50 Å². The highest BCUT2D eigenvalue weighted by Crippen LogP contribution is 2.32. The molecule has 4 aromatic rings. The zero-order valence-corrected chi connectivity index (χ0v) is 16.7. The highest BCUT2D eigenvalue weighted by atomic mass is 19.1. The maximum atomic E-state index is 13.9. The third-order valence-electron chi connectivity index (χ3n) is 5.04. The Balaban J connectivity index is 2.01. The van der Waals surface area contributed by atoms with E-state index in [1.54, 1.807) is 10.6 Å². The van der Waals surface area contributed by atoms with Crippen molar-refractivity contribution >= 4 is 11.5 Å². The van der Waals surface area contributed by atoms with Gasteiger partial charge in [-0.3, -0.25) is 0 Å². The van der Waals surface area contributed by atoms with Crippen molar-refractivity contribution in [3.8, 4) is 22.4 Å². The molecule has 0 aliphatic carbocycles. The third kappa shape index (κ3) is 3.59. The fourth-order valence-electron chi connectivity index (χ4n) is 3.48. The van der Waals surface area contributed by atoms with Crippen LogP contribution in [0.5, 0.6) is 0 Å². The lowest BCUT2D eigenvalue weighted by atomic mass is 10.0. The van der Waals surface area contributed by atoms with Crippen LogP contribution in [0.1, 0.15) is 11.3 Å². The summed E-state index contributed by atoms with van der Waals surface area (Å²) < 4.78 is 15.7. The minimum atomic E-state index is -0.305. The summed E-state index contributed by atoms with van der Waals surface area (Å²) in [5.41, 5.74) is 6.17. The number of nitrogens with zero attached hydrogens (tertiary/aromatic N) is 4. The lowest BCUT2D eigenvalue weighted by Gasteiger charge is -2.18. The van der Waals surface area contributed by atoms with Crippen molar-refractivity contribution in [1.82, 2.24) is 14.6 Å². The summed E-state index contributed by atoms with van der Waals surface area (Å²) in [6.45, 7) is 4.46. The maximum Gasteiger partial charge on any atom is 0.166 e. The molecule has 6 heteroatoms. The van der Waals surface area contributed by atoms with Crippen molar-refractivity contribution in [2.24, 2.45) is 0 Å². The molecule has 0 spiro atoms. The Morgan fingerprint density at radius 2 is 1.79 bits per heavy atom. The molecule has 0 radical (unpaired) electrons. The lowest BCUT2D eigenvalue weighted by Crippen LogP contribution is -2.22. The summed E-state index contributed by atoms with van der Waals surface area (Å²) in [5, 5.41) is 14.1. The molecule has 148 valence electrons. The largest absolute Gasteiger partial charge is 0.395 e. The molecular weight excluding hydrogens is 367 g/mol. The van der Waals surface area contributed by atoms with E-state index in [0.717, 1.165) is 22.5 Å². The van der Waals surface area contributed by atoms with Crippen molar-refractivity contribution in [3.63, 3.8) is 0 Å². The van der Waals surface area contributed by atoms with Crippen LogP contribution in [0.4, 0.5) is 10.2 Å². The van der Waals surface area contributed by atoms with Crippen LogP contribution in [0.2, 0.25) is 0 Å². The summed E-state index contributed by atoms with van der Waals surface area (Å²) >= 11 is 0. The molecule has 2 heterocycles. The van der Waals surface area contributed by atoms with Gasteiger partial charge < -0.3 is 10.0 Å². The fourth-order valence-corrected chi connectivity index (χ4v) is 3.48. The molecule has 29 heavy (non-hydrogen) atoms. The van der Waals surface area contributed by atoms with Crippen molar-refractivity contribution in [2.45, 2.75) is 13.8 Å². The molecule has 2 aromatic carbocycles. The molecule has 0 bridgehead atoms. The van der Waals surface area contributed by atoms with Gasteiger partial charge in [-0.05, 0) is 31.5 Å². The van der Waals surface area contributed by atoms with Gasteiger partial charge in [0, 0.05) is 30.8 Å². The Morgan fingerprint density at radius 3 is 2.48 bits per heavy atom. The molecule has 0 aliphatic heterocycles. The van der Waals surface area contributed by atoms with Crippen molar-refractivity contribution in [2.75, 3.05) is 25.1 Å². The topological polar surface area (TPSA) is 53.7 Å². The first-order chi connectivity index (χ1) is 14.0. The van der Waals surface area contributed by atoms with E-state index in [-0.39, 0.29) is 12.4 Å². The van der Waals surface area contributed by atoms with Crippen LogP contribution in [0.3, 0.4) is 0 Å². The van der Waals surface area contributed by atoms with E-state index in [4.69, 9.17) is 10.1 Å². The third-order valence-corrected chi connectivity index (χ3v) is 5.04. The Labute approximate surface area is 169 Å². The van der Waals surface area contributed by atoms with E-state index in [1.165, 1.54) is 17.7 Å². The predicted octanol–water partition coefficient (Wildman–Crippen LogP) is 4.25. The van der Waals surface area contributed by atoms with Gasteiger partial charge in [0.05, 0.1) is 18.0 Å². The highest BCUT2D eigenvalue weighted by molar-refractivity contribution is 5.83. The Bertz CT molecular complexity index is 1170. The molecule has 0 aliphatic rings. The molecule has 5 nitrogen and oxygen atoms in total. The highest BCUT2D eigenvalue weighted by Gasteiger charge is 2.19. The van der Waals surface area contributed by atoms with E-state index in [0.29, 0.717) is 23.6 Å². The van der Waals surface area contributed by atoms with Gasteiger partial charge in [0.25, 0.3) is 0 Å². The minimum Gasteiger partial charge on any atom is -0.395 e. The van der Waals surface area contributed by atoms with Gasteiger partial charge in [-0.15, -0.1) is 0 Å². The second kappa shape index (κ2) is 7.64. The fraction of sp³-hybridized carbons (Fsp3) is 0.217. The predicted molar refractivity (Wildman–Crippen MR) is 114 cm³/mol. The molecule has 0 saturated heterocycles. The average Bonchev–Trinajstić information content (AvgIpc) is 3.04. The molecule has 0 amide bonds. The van der Waals surface area contributed by atoms with Crippen molar-refractivity contribution in [1.29, 1.82) is 0 Å². The minimum absolute atomic E-state index is 0.0156. The number of benzene rings is 2. The summed E-state index contributed by atoms with van der Waals surface area (Å²) in [5.74, 6) is 0.388. The van der Waals surface area contributed by atoms with E-state index >= 15 is 0 Å². The first-order valence-corrected chi connectivity index (χ1v) is 9.53. The number of anilines is 1. The molecule has 4 rings (SSSR count). The zero-order valence-electron chi connectivity index (χ0n) is 16.7. The van der Waals surface area contributed by atoms with Gasteiger partial charge in [0.15, 0.2) is 5.65 Å². The number of halogens is 1. The van der Waals surface area contributed by atoms with Crippen LogP contribution in [0.15, 0.2) is 54.6 Å². The summed E-state index contributed by atoms with van der Waals surface area (Å²) in [7, 11) is 1.87. The quantitative estimate of drug-likeness (QED) is 0.554. The van der Waals surface area contributed by atoms with E-state index in [2.05, 4.69) is 31.2 Å². The molecule has 0 atom stereocenters. The zero-order chi connectivity index (χ0) is 20.5. The number of rotatable bonds is 5. The molecule has 1 N–H and O–H groups in total. The number of likely N-dealkylation sites (N-methyl/N-ethyl adjacent to an activating group) is 1. The van der Waals surface area contributed by atoms with Crippen LogP contribution in [0, 0.1) is 19.7 Å². The SMILES string of the molecule is Cc1ccc(-c2c(C)nn3c(-c4cccc(F)c4)cc(N(C)CCO)nc23)cc1.